The van der Waals surface area contributed by atoms with E-state index in [9.17, 15) is 0 Å². The van der Waals surface area contributed by atoms with Crippen LogP contribution in [-0.4, -0.2) is 17.6 Å². The van der Waals surface area contributed by atoms with Crippen LogP contribution in [0.4, 0.5) is 0 Å². The first-order valence-corrected chi connectivity index (χ1v) is 7.67. The van der Waals surface area contributed by atoms with Crippen LogP contribution >= 0.6 is 22.6 Å². The number of rotatable bonds is 6. The fourth-order valence-electron chi connectivity index (χ4n) is 1.84. The van der Waals surface area contributed by atoms with E-state index >= 15 is 0 Å². The van der Waals surface area contributed by atoms with E-state index in [1.165, 1.54) is 3.57 Å². The average molecular weight is 370 g/mol. The van der Waals surface area contributed by atoms with Gasteiger partial charge in [0.25, 0.3) is 0 Å². The van der Waals surface area contributed by atoms with Crippen LogP contribution in [0.5, 0.6) is 0 Å². The van der Waals surface area contributed by atoms with Gasteiger partial charge in [-0.2, -0.15) is 0 Å². The van der Waals surface area contributed by atoms with Gasteiger partial charge in [-0.05, 0) is 41.6 Å². The number of nitrogens with one attached hydrogen (secondary N) is 1. The lowest BCUT2D eigenvalue weighted by Gasteiger charge is -2.06. The van der Waals surface area contributed by atoms with Crippen molar-refractivity contribution in [3.8, 4) is 11.3 Å². The van der Waals surface area contributed by atoms with Gasteiger partial charge in [-0.15, -0.1) is 0 Å². The zero-order valence-corrected chi connectivity index (χ0v) is 13.5. The van der Waals surface area contributed by atoms with Crippen LogP contribution in [0.15, 0.2) is 34.9 Å². The minimum atomic E-state index is 0.533. The first-order chi connectivity index (χ1) is 9.16. The third-order valence-electron chi connectivity index (χ3n) is 2.81. The minimum absolute atomic E-state index is 0.533. The molecule has 1 heterocycles. The summed E-state index contributed by atoms with van der Waals surface area (Å²) in [5, 5.41) is 3.39. The molecule has 0 aliphatic heterocycles. The maximum Gasteiger partial charge on any atom is 0.194 e. The molecular weight excluding hydrogens is 351 g/mol. The van der Waals surface area contributed by atoms with E-state index in [1.54, 1.807) is 0 Å². The quantitative estimate of drug-likeness (QED) is 0.620. The molecule has 0 amide bonds. The van der Waals surface area contributed by atoms with Crippen LogP contribution in [0, 0.1) is 3.57 Å². The first-order valence-electron chi connectivity index (χ1n) is 6.60. The van der Waals surface area contributed by atoms with Crippen molar-refractivity contribution in [3.63, 3.8) is 0 Å². The molecule has 0 radical (unpaired) electrons. The molecular formula is C15H19IN2O. The number of aromatic nitrogens is 1. The van der Waals surface area contributed by atoms with Crippen LogP contribution in [0.1, 0.15) is 26.2 Å². The van der Waals surface area contributed by atoms with Crippen molar-refractivity contribution in [2.24, 2.45) is 0 Å². The molecule has 0 saturated carbocycles. The highest BCUT2D eigenvalue weighted by molar-refractivity contribution is 14.1. The molecule has 1 N–H and O–H groups in total. The summed E-state index contributed by atoms with van der Waals surface area (Å²) in [5.41, 5.74) is 1.11. The van der Waals surface area contributed by atoms with E-state index in [0.717, 1.165) is 36.6 Å². The van der Waals surface area contributed by atoms with Crippen molar-refractivity contribution in [3.05, 3.63) is 39.9 Å². The van der Waals surface area contributed by atoms with Gasteiger partial charge in [0.15, 0.2) is 11.7 Å². The zero-order valence-electron chi connectivity index (χ0n) is 11.3. The highest BCUT2D eigenvalue weighted by Crippen LogP contribution is 2.25. The molecule has 3 nitrogen and oxygen atoms in total. The molecule has 102 valence electrons. The second kappa shape index (κ2) is 7.05. The summed E-state index contributed by atoms with van der Waals surface area (Å²) < 4.78 is 7.00. The summed E-state index contributed by atoms with van der Waals surface area (Å²) in [6, 6.07) is 8.72. The molecule has 0 fully saturated rings. The number of hydrogen-bond donors (Lipinski definition) is 1. The third-order valence-corrected chi connectivity index (χ3v) is 3.75. The van der Waals surface area contributed by atoms with E-state index in [1.807, 2.05) is 18.3 Å². The lowest BCUT2D eigenvalue weighted by atomic mass is 10.2. The van der Waals surface area contributed by atoms with Gasteiger partial charge in [-0.1, -0.05) is 32.0 Å². The van der Waals surface area contributed by atoms with Crippen LogP contribution in [0.2, 0.25) is 0 Å². The van der Waals surface area contributed by atoms with E-state index in [0.29, 0.717) is 6.04 Å². The Morgan fingerprint density at radius 1 is 1.32 bits per heavy atom. The smallest absolute Gasteiger partial charge is 0.194 e. The molecule has 0 bridgehead atoms. The third kappa shape index (κ3) is 4.31. The van der Waals surface area contributed by atoms with Gasteiger partial charge in [-0.3, -0.25) is 0 Å². The van der Waals surface area contributed by atoms with Gasteiger partial charge < -0.3 is 9.73 Å². The summed E-state index contributed by atoms with van der Waals surface area (Å²) in [6.07, 6.45) is 3.75. The van der Waals surface area contributed by atoms with Crippen LogP contribution in [-0.2, 0) is 6.42 Å². The predicted molar refractivity (Wildman–Crippen MR) is 86.1 cm³/mol. The monoisotopic (exact) mass is 370 g/mol. The summed E-state index contributed by atoms with van der Waals surface area (Å²) in [4.78, 5) is 4.35. The Kier molecular flexibility index (Phi) is 5.39. The predicted octanol–water partition coefficient (Wildman–Crippen LogP) is 3.88. The lowest BCUT2D eigenvalue weighted by Crippen LogP contribution is -2.23. The van der Waals surface area contributed by atoms with E-state index in [2.05, 4.69) is 58.9 Å². The molecule has 0 atom stereocenters. The van der Waals surface area contributed by atoms with Gasteiger partial charge in [0.05, 0.1) is 6.20 Å². The number of nitrogens with zero attached hydrogens (tertiary/aromatic N) is 1. The second-order valence-corrected chi connectivity index (χ2v) is 5.97. The fraction of sp³-hybridized carbons (Fsp3) is 0.400. The highest BCUT2D eigenvalue weighted by Gasteiger charge is 2.08. The molecule has 2 rings (SSSR count). The van der Waals surface area contributed by atoms with Crippen molar-refractivity contribution >= 4 is 22.6 Å². The van der Waals surface area contributed by atoms with Gasteiger partial charge >= 0.3 is 0 Å². The van der Waals surface area contributed by atoms with Crippen LogP contribution in [0.25, 0.3) is 11.3 Å². The Balaban J connectivity index is 1.94. The van der Waals surface area contributed by atoms with E-state index in [4.69, 9.17) is 4.42 Å². The van der Waals surface area contributed by atoms with Gasteiger partial charge in [0.2, 0.25) is 0 Å². The van der Waals surface area contributed by atoms with Gasteiger partial charge in [0.1, 0.15) is 0 Å². The van der Waals surface area contributed by atoms with Crippen molar-refractivity contribution in [2.75, 3.05) is 6.54 Å². The minimum Gasteiger partial charge on any atom is -0.441 e. The van der Waals surface area contributed by atoms with Crippen LogP contribution in [0.3, 0.4) is 0 Å². The van der Waals surface area contributed by atoms with E-state index < -0.39 is 0 Å². The Morgan fingerprint density at radius 2 is 2.11 bits per heavy atom. The largest absolute Gasteiger partial charge is 0.441 e. The topological polar surface area (TPSA) is 38.1 Å². The maximum absolute atomic E-state index is 5.81. The number of oxazole rings is 1. The summed E-state index contributed by atoms with van der Waals surface area (Å²) >= 11 is 2.32. The fourth-order valence-corrected chi connectivity index (χ4v) is 2.49. The molecule has 0 saturated heterocycles. The number of hydrogen-bond acceptors (Lipinski definition) is 3. The Bertz CT molecular complexity index is 522. The van der Waals surface area contributed by atoms with Gasteiger partial charge in [-0.25, -0.2) is 4.98 Å². The van der Waals surface area contributed by atoms with Crippen LogP contribution < -0.4 is 5.32 Å². The number of aryl methyl sites for hydroxylation is 1. The molecule has 2 aromatic rings. The molecule has 0 aliphatic rings. The lowest BCUT2D eigenvalue weighted by molar-refractivity contribution is 0.484. The summed E-state index contributed by atoms with van der Waals surface area (Å²) in [5.74, 6) is 1.68. The number of halogens is 1. The van der Waals surface area contributed by atoms with Crippen molar-refractivity contribution < 1.29 is 4.42 Å². The second-order valence-electron chi connectivity index (χ2n) is 4.81. The van der Waals surface area contributed by atoms with Crippen molar-refractivity contribution in [1.82, 2.24) is 10.3 Å². The van der Waals surface area contributed by atoms with Gasteiger partial charge in [0, 0.05) is 21.6 Å². The number of benzene rings is 1. The summed E-state index contributed by atoms with van der Waals surface area (Å²) in [7, 11) is 0. The molecule has 1 aromatic carbocycles. The van der Waals surface area contributed by atoms with E-state index in [-0.39, 0.29) is 0 Å². The molecule has 0 aliphatic carbocycles. The molecule has 0 unspecified atom stereocenters. The van der Waals surface area contributed by atoms with Crippen molar-refractivity contribution in [2.45, 2.75) is 32.7 Å². The first kappa shape index (κ1) is 14.5. The normalized spacial score (nSPS) is 11.2. The molecule has 19 heavy (non-hydrogen) atoms. The van der Waals surface area contributed by atoms with Crippen molar-refractivity contribution in [1.29, 1.82) is 0 Å². The zero-order chi connectivity index (χ0) is 13.7. The highest BCUT2D eigenvalue weighted by atomic mass is 127. The molecule has 0 spiro atoms. The summed E-state index contributed by atoms with van der Waals surface area (Å²) in [6.45, 7) is 5.30. The maximum atomic E-state index is 5.81. The Morgan fingerprint density at radius 3 is 2.84 bits per heavy atom. The molecule has 1 aromatic heterocycles. The molecule has 4 heteroatoms. The standard InChI is InChI=1S/C15H19IN2O/c1-11(2)17-9-5-8-15-18-10-14(19-15)12-6-3-4-7-13(12)16/h3-4,6-7,10-11,17H,5,8-9H2,1-2H3. The Labute approximate surface area is 128 Å². The Hall–Kier alpha value is -0.880. The SMILES string of the molecule is CC(C)NCCCc1ncc(-c2ccccc2I)o1. The average Bonchev–Trinajstić information content (AvgIpc) is 2.83.